The van der Waals surface area contributed by atoms with Crippen molar-refractivity contribution in [3.05, 3.63) is 72.9 Å². The van der Waals surface area contributed by atoms with E-state index in [0.29, 0.717) is 19.3 Å². The molecule has 0 spiro atoms. The Bertz CT molecular complexity index is 1350. The minimum absolute atomic E-state index is 0.0896. The third kappa shape index (κ3) is 42.2. The molecule has 0 aliphatic rings. The van der Waals surface area contributed by atoms with Crippen LogP contribution in [-0.4, -0.2) is 81.6 Å². The number of esters is 2. The molecule has 0 radical (unpaired) electrons. The van der Waals surface area contributed by atoms with Crippen LogP contribution in [-0.2, 0) is 41.8 Å². The van der Waals surface area contributed by atoms with Gasteiger partial charge in [0.05, 0.1) is 25.9 Å². The van der Waals surface area contributed by atoms with Gasteiger partial charge in [0, 0.05) is 12.8 Å². The second kappa shape index (κ2) is 39.4. The molecular formula is C44H76O14P2. The summed E-state index contributed by atoms with van der Waals surface area (Å²) >= 11 is 0. The van der Waals surface area contributed by atoms with Gasteiger partial charge in [-0.25, -0.2) is 9.13 Å². The highest BCUT2D eigenvalue weighted by atomic mass is 31.2. The molecule has 0 saturated heterocycles. The standard InChI is InChI=1S/C44H76O14P2/c1-3-5-7-8-9-10-11-12-13-14-17-21-24-27-31-35-44(48)58-42(39-57-60(52,53)56-37-41(46)36-55-59(49,50)51)38-54-43(47)34-30-26-23-20-18-15-16-19-22-25-29-33-40(45)32-28-6-4-2/h10-13,15-16,20,22-23,25,29,33,40-42,45-46H,3-9,14,17-19,21,24,26-28,30-32,34-39H2,1-2H3,(H,52,53)(H2,49,50,51)/b11-10-,13-12-,16-15-,23-20-,25-22-,33-29+/t40-,41+,42-/m1/s1. The van der Waals surface area contributed by atoms with E-state index in [0.717, 1.165) is 77.0 Å². The van der Waals surface area contributed by atoms with Gasteiger partial charge in [0.25, 0.3) is 0 Å². The molecule has 0 amide bonds. The fourth-order valence-electron chi connectivity index (χ4n) is 5.32. The lowest BCUT2D eigenvalue weighted by Gasteiger charge is -2.20. The lowest BCUT2D eigenvalue weighted by molar-refractivity contribution is -0.161. The maximum absolute atomic E-state index is 12.6. The summed E-state index contributed by atoms with van der Waals surface area (Å²) in [6.45, 7) is 1.51. The summed E-state index contributed by atoms with van der Waals surface area (Å²) in [4.78, 5) is 52.6. The van der Waals surface area contributed by atoms with Crippen molar-refractivity contribution in [2.75, 3.05) is 26.4 Å². The van der Waals surface area contributed by atoms with Crippen LogP contribution in [0.3, 0.4) is 0 Å². The zero-order valence-corrected chi connectivity index (χ0v) is 37.9. The van der Waals surface area contributed by atoms with E-state index in [1.165, 1.54) is 25.7 Å². The van der Waals surface area contributed by atoms with Crippen molar-refractivity contribution >= 4 is 27.6 Å². The molecule has 0 rings (SSSR count). The average Bonchev–Trinajstić information content (AvgIpc) is 3.20. The van der Waals surface area contributed by atoms with Crippen LogP contribution in [0.2, 0.25) is 0 Å². The highest BCUT2D eigenvalue weighted by Crippen LogP contribution is 2.43. The van der Waals surface area contributed by atoms with Gasteiger partial charge in [-0.1, -0.05) is 145 Å². The van der Waals surface area contributed by atoms with Crippen LogP contribution in [0.25, 0.3) is 0 Å². The third-order valence-electron chi connectivity index (χ3n) is 8.69. The summed E-state index contributed by atoms with van der Waals surface area (Å²) in [5, 5.41) is 19.6. The number of phosphoric acid groups is 2. The molecule has 0 aliphatic carbocycles. The first-order chi connectivity index (χ1) is 28.8. The lowest BCUT2D eigenvalue weighted by atomic mass is 10.1. The fourth-order valence-corrected chi connectivity index (χ4v) is 6.48. The Balaban J connectivity index is 4.69. The molecule has 0 bridgehead atoms. The Morgan fingerprint density at radius 3 is 1.77 bits per heavy atom. The van der Waals surface area contributed by atoms with Gasteiger partial charge < -0.3 is 34.4 Å². The molecule has 16 heteroatoms. The summed E-state index contributed by atoms with van der Waals surface area (Å²) in [6.07, 6.45) is 39.4. The predicted octanol–water partition coefficient (Wildman–Crippen LogP) is 9.98. The molecule has 0 heterocycles. The summed E-state index contributed by atoms with van der Waals surface area (Å²) in [5.74, 6) is -1.15. The Labute approximate surface area is 359 Å². The van der Waals surface area contributed by atoms with Gasteiger partial charge in [0.15, 0.2) is 6.10 Å². The molecule has 0 saturated carbocycles. The van der Waals surface area contributed by atoms with Crippen molar-refractivity contribution in [3.8, 4) is 0 Å². The summed E-state index contributed by atoms with van der Waals surface area (Å²) in [7, 11) is -9.71. The van der Waals surface area contributed by atoms with E-state index in [4.69, 9.17) is 23.8 Å². The van der Waals surface area contributed by atoms with Gasteiger partial charge in [-0.15, -0.1) is 0 Å². The van der Waals surface area contributed by atoms with Crippen LogP contribution >= 0.6 is 15.6 Å². The maximum atomic E-state index is 12.6. The topological polar surface area (TPSA) is 216 Å². The highest BCUT2D eigenvalue weighted by molar-refractivity contribution is 7.47. The van der Waals surface area contributed by atoms with Crippen LogP contribution in [0, 0.1) is 0 Å². The first-order valence-corrected chi connectivity index (χ1v) is 24.8. The smallest absolute Gasteiger partial charge is 0.462 e. The van der Waals surface area contributed by atoms with Crippen molar-refractivity contribution in [2.24, 2.45) is 0 Å². The van der Waals surface area contributed by atoms with Crippen LogP contribution < -0.4 is 0 Å². The average molecular weight is 891 g/mol. The first-order valence-electron chi connectivity index (χ1n) is 21.8. The van der Waals surface area contributed by atoms with Gasteiger partial charge in [-0.3, -0.25) is 23.2 Å². The van der Waals surface area contributed by atoms with Crippen molar-refractivity contribution in [1.82, 2.24) is 0 Å². The molecule has 60 heavy (non-hydrogen) atoms. The number of hydrogen-bond donors (Lipinski definition) is 5. The molecule has 0 aromatic carbocycles. The summed E-state index contributed by atoms with van der Waals surface area (Å²) < 4.78 is 47.7. The van der Waals surface area contributed by atoms with E-state index in [-0.39, 0.29) is 12.8 Å². The number of aliphatic hydroxyl groups is 2. The lowest BCUT2D eigenvalue weighted by Crippen LogP contribution is -2.30. The number of aliphatic hydroxyl groups excluding tert-OH is 2. The Hall–Kier alpha value is -2.48. The summed E-state index contributed by atoms with van der Waals surface area (Å²) in [6, 6.07) is 0. The van der Waals surface area contributed by atoms with Gasteiger partial charge in [-0.2, -0.15) is 0 Å². The molecule has 0 aliphatic heterocycles. The molecule has 1 unspecified atom stereocenters. The van der Waals surface area contributed by atoms with Crippen LogP contribution in [0.1, 0.15) is 149 Å². The minimum Gasteiger partial charge on any atom is -0.462 e. The third-order valence-corrected chi connectivity index (χ3v) is 10.1. The number of phosphoric ester groups is 2. The fraction of sp³-hybridized carbons (Fsp3) is 0.682. The zero-order valence-electron chi connectivity index (χ0n) is 36.1. The number of allylic oxidation sites excluding steroid dienone is 11. The second-order valence-corrected chi connectivity index (χ2v) is 17.2. The Morgan fingerprint density at radius 2 is 1.08 bits per heavy atom. The van der Waals surface area contributed by atoms with Gasteiger partial charge in [0.2, 0.25) is 0 Å². The van der Waals surface area contributed by atoms with Crippen LogP contribution in [0.15, 0.2) is 72.9 Å². The first kappa shape index (κ1) is 57.5. The highest BCUT2D eigenvalue weighted by Gasteiger charge is 2.28. The number of unbranched alkanes of at least 4 members (excludes halogenated alkanes) is 12. The predicted molar refractivity (Wildman–Crippen MR) is 236 cm³/mol. The van der Waals surface area contributed by atoms with Crippen molar-refractivity contribution in [2.45, 2.75) is 167 Å². The van der Waals surface area contributed by atoms with Crippen LogP contribution in [0.5, 0.6) is 0 Å². The zero-order chi connectivity index (χ0) is 44.6. The van der Waals surface area contributed by atoms with E-state index in [1.54, 1.807) is 6.08 Å². The Morgan fingerprint density at radius 1 is 0.550 bits per heavy atom. The molecule has 14 nitrogen and oxygen atoms in total. The van der Waals surface area contributed by atoms with E-state index >= 15 is 0 Å². The molecule has 0 aromatic heterocycles. The number of carbonyl (C=O) groups excluding carboxylic acids is 2. The largest absolute Gasteiger partial charge is 0.472 e. The van der Waals surface area contributed by atoms with Gasteiger partial charge >= 0.3 is 27.6 Å². The van der Waals surface area contributed by atoms with Crippen molar-refractivity contribution in [1.29, 1.82) is 0 Å². The Kier molecular flexibility index (Phi) is 37.7. The van der Waals surface area contributed by atoms with Gasteiger partial charge in [0.1, 0.15) is 12.7 Å². The molecule has 346 valence electrons. The minimum atomic E-state index is -4.88. The number of ether oxygens (including phenoxy) is 2. The second-order valence-electron chi connectivity index (χ2n) is 14.5. The van der Waals surface area contributed by atoms with E-state index in [9.17, 15) is 33.8 Å². The van der Waals surface area contributed by atoms with Gasteiger partial charge in [-0.05, 0) is 64.2 Å². The molecule has 0 fully saturated rings. The molecule has 0 aromatic rings. The van der Waals surface area contributed by atoms with Crippen molar-refractivity contribution < 1.29 is 66.7 Å². The molecule has 5 N–H and O–H groups in total. The monoisotopic (exact) mass is 890 g/mol. The van der Waals surface area contributed by atoms with E-state index in [1.807, 2.05) is 42.5 Å². The normalized spacial score (nSPS) is 15.2. The SMILES string of the molecule is CCCCCC/C=C\C=C/CCCCCCCC(=O)O[C@H](COC(=O)CCC/C=C\C/C=C\C/C=C\C=C\[C@H](O)CCCCC)COP(=O)(O)OC[C@@H](O)COP(=O)(O)O. The number of rotatable bonds is 40. The van der Waals surface area contributed by atoms with Crippen LogP contribution in [0.4, 0.5) is 0 Å². The summed E-state index contributed by atoms with van der Waals surface area (Å²) in [5.41, 5.74) is 0. The molecular weight excluding hydrogens is 814 g/mol. The van der Waals surface area contributed by atoms with E-state index < -0.39 is 72.3 Å². The van der Waals surface area contributed by atoms with Crippen molar-refractivity contribution in [3.63, 3.8) is 0 Å². The number of carbonyl (C=O) groups is 2. The quantitative estimate of drug-likeness (QED) is 0.0127. The molecule has 4 atom stereocenters. The maximum Gasteiger partial charge on any atom is 0.472 e. The number of hydrogen-bond acceptors (Lipinski definition) is 11. The van der Waals surface area contributed by atoms with E-state index in [2.05, 4.69) is 47.2 Å².